The van der Waals surface area contributed by atoms with Crippen molar-refractivity contribution in [3.05, 3.63) is 71.8 Å². The molecule has 0 saturated carbocycles. The molecular weight excluding hydrogens is 260 g/mol. The van der Waals surface area contributed by atoms with Crippen molar-refractivity contribution < 1.29 is 4.79 Å². The van der Waals surface area contributed by atoms with Gasteiger partial charge in [-0.2, -0.15) is 0 Å². The average Bonchev–Trinajstić information content (AvgIpc) is 2.49. The second-order valence-electron chi connectivity index (χ2n) is 5.53. The second-order valence-corrected chi connectivity index (χ2v) is 5.53. The van der Waals surface area contributed by atoms with Gasteiger partial charge in [-0.3, -0.25) is 10.1 Å². The molecule has 0 aliphatic rings. The van der Waals surface area contributed by atoms with Gasteiger partial charge in [-0.25, -0.2) is 0 Å². The van der Waals surface area contributed by atoms with Gasteiger partial charge >= 0.3 is 0 Å². The van der Waals surface area contributed by atoms with E-state index in [1.165, 1.54) is 0 Å². The van der Waals surface area contributed by atoms with Crippen LogP contribution >= 0.6 is 0 Å². The Kier molecular flexibility index (Phi) is 4.76. The van der Waals surface area contributed by atoms with E-state index >= 15 is 0 Å². The van der Waals surface area contributed by atoms with E-state index in [4.69, 9.17) is 5.73 Å². The van der Waals surface area contributed by atoms with Crippen LogP contribution in [0.15, 0.2) is 60.7 Å². The molecule has 2 aromatic carbocycles. The summed E-state index contributed by atoms with van der Waals surface area (Å²) in [6, 6.07) is 19.7. The van der Waals surface area contributed by atoms with E-state index in [0.717, 1.165) is 11.1 Å². The van der Waals surface area contributed by atoms with Crippen LogP contribution in [0.2, 0.25) is 0 Å². The lowest BCUT2D eigenvalue weighted by atomic mass is 9.79. The van der Waals surface area contributed by atoms with Gasteiger partial charge < -0.3 is 5.73 Å². The first kappa shape index (κ1) is 15.3. The lowest BCUT2D eigenvalue weighted by molar-refractivity contribution is -0.126. The zero-order chi connectivity index (χ0) is 15.3. The van der Waals surface area contributed by atoms with Crippen LogP contribution in [0.25, 0.3) is 0 Å². The molecule has 0 aromatic heterocycles. The summed E-state index contributed by atoms with van der Waals surface area (Å²) >= 11 is 0. The molecule has 2 rings (SSSR count). The zero-order valence-electron chi connectivity index (χ0n) is 12.5. The summed E-state index contributed by atoms with van der Waals surface area (Å²) in [5.41, 5.74) is 6.93. The molecule has 2 aromatic rings. The number of benzene rings is 2. The maximum absolute atomic E-state index is 12.2. The first-order chi connectivity index (χ1) is 10.1. The normalized spacial score (nSPS) is 13.9. The van der Waals surface area contributed by atoms with Crippen molar-refractivity contribution in [2.45, 2.75) is 25.9 Å². The maximum Gasteiger partial charge on any atom is 0.242 e. The third-order valence-electron chi connectivity index (χ3n) is 3.90. The lowest BCUT2D eigenvalue weighted by Crippen LogP contribution is -2.56. The summed E-state index contributed by atoms with van der Waals surface area (Å²) < 4.78 is 0. The molecule has 3 N–H and O–H groups in total. The largest absolute Gasteiger partial charge is 0.368 e. The fraction of sp³-hybridized carbons (Fsp3) is 0.278. The fourth-order valence-corrected chi connectivity index (χ4v) is 2.69. The average molecular weight is 282 g/mol. The van der Waals surface area contributed by atoms with Crippen molar-refractivity contribution in [1.82, 2.24) is 5.32 Å². The molecular formula is C18H22N2O. The van der Waals surface area contributed by atoms with E-state index in [2.05, 4.69) is 5.32 Å². The minimum absolute atomic E-state index is 0.0427. The topological polar surface area (TPSA) is 55.1 Å². The molecule has 110 valence electrons. The Balaban J connectivity index is 2.34. The Morgan fingerprint density at radius 1 is 1.05 bits per heavy atom. The van der Waals surface area contributed by atoms with E-state index in [-0.39, 0.29) is 11.8 Å². The van der Waals surface area contributed by atoms with Crippen LogP contribution in [-0.4, -0.2) is 5.91 Å². The Morgan fingerprint density at radius 2 is 1.57 bits per heavy atom. The molecule has 3 nitrogen and oxygen atoms in total. The van der Waals surface area contributed by atoms with Gasteiger partial charge in [-0.1, -0.05) is 74.5 Å². The maximum atomic E-state index is 12.2. The van der Waals surface area contributed by atoms with Crippen molar-refractivity contribution in [1.29, 1.82) is 0 Å². The van der Waals surface area contributed by atoms with Crippen LogP contribution in [0, 0.1) is 5.92 Å². The predicted octanol–water partition coefficient (Wildman–Crippen LogP) is 2.81. The number of hydrogen-bond acceptors (Lipinski definition) is 2. The van der Waals surface area contributed by atoms with E-state index in [1.807, 2.05) is 74.5 Å². The molecule has 0 radical (unpaired) electrons. The fourth-order valence-electron chi connectivity index (χ4n) is 2.69. The monoisotopic (exact) mass is 282 g/mol. The van der Waals surface area contributed by atoms with Gasteiger partial charge in [0.05, 0.1) is 0 Å². The third-order valence-corrected chi connectivity index (χ3v) is 3.90. The minimum atomic E-state index is -0.864. The van der Waals surface area contributed by atoms with E-state index < -0.39 is 5.54 Å². The molecule has 0 spiro atoms. The number of nitrogens with two attached hydrogens (primary N) is 1. The molecule has 0 bridgehead atoms. The minimum Gasteiger partial charge on any atom is -0.368 e. The van der Waals surface area contributed by atoms with Gasteiger partial charge in [0.25, 0.3) is 0 Å². The van der Waals surface area contributed by atoms with Crippen LogP contribution in [0.5, 0.6) is 0 Å². The van der Waals surface area contributed by atoms with Gasteiger partial charge in [0.1, 0.15) is 5.54 Å². The number of amides is 1. The van der Waals surface area contributed by atoms with E-state index in [9.17, 15) is 4.79 Å². The van der Waals surface area contributed by atoms with Crippen molar-refractivity contribution >= 4 is 5.91 Å². The highest BCUT2D eigenvalue weighted by Gasteiger charge is 2.41. The molecule has 0 saturated heterocycles. The van der Waals surface area contributed by atoms with E-state index in [0.29, 0.717) is 6.54 Å². The van der Waals surface area contributed by atoms with Gasteiger partial charge in [0, 0.05) is 6.54 Å². The Labute approximate surface area is 126 Å². The van der Waals surface area contributed by atoms with Crippen LogP contribution in [-0.2, 0) is 16.9 Å². The van der Waals surface area contributed by atoms with Crippen LogP contribution in [0.4, 0.5) is 0 Å². The molecule has 1 atom stereocenters. The number of carbonyl (C=O) groups is 1. The standard InChI is InChI=1S/C18H22N2O/c1-14(2)18(17(19)21,16-11-7-4-8-12-16)20-13-15-9-5-3-6-10-15/h3-12,14,20H,13H2,1-2H3,(H2,19,21). The van der Waals surface area contributed by atoms with Crippen molar-refractivity contribution in [3.63, 3.8) is 0 Å². The Morgan fingerprint density at radius 3 is 2.05 bits per heavy atom. The summed E-state index contributed by atoms with van der Waals surface area (Å²) in [5, 5.41) is 3.39. The second kappa shape index (κ2) is 6.55. The summed E-state index contributed by atoms with van der Waals surface area (Å²) in [5.74, 6) is -0.305. The molecule has 21 heavy (non-hydrogen) atoms. The molecule has 1 unspecified atom stereocenters. The predicted molar refractivity (Wildman–Crippen MR) is 85.4 cm³/mol. The first-order valence-electron chi connectivity index (χ1n) is 7.21. The van der Waals surface area contributed by atoms with Crippen molar-refractivity contribution in [2.24, 2.45) is 11.7 Å². The highest BCUT2D eigenvalue weighted by Crippen LogP contribution is 2.30. The van der Waals surface area contributed by atoms with Gasteiger partial charge in [0.15, 0.2) is 0 Å². The lowest BCUT2D eigenvalue weighted by Gasteiger charge is -2.36. The van der Waals surface area contributed by atoms with Gasteiger partial charge in [-0.15, -0.1) is 0 Å². The van der Waals surface area contributed by atoms with Gasteiger partial charge in [0.2, 0.25) is 5.91 Å². The van der Waals surface area contributed by atoms with Crippen LogP contribution < -0.4 is 11.1 Å². The quantitative estimate of drug-likeness (QED) is 0.856. The smallest absolute Gasteiger partial charge is 0.242 e. The van der Waals surface area contributed by atoms with Crippen molar-refractivity contribution in [3.8, 4) is 0 Å². The molecule has 3 heteroatoms. The van der Waals surface area contributed by atoms with E-state index in [1.54, 1.807) is 0 Å². The summed E-state index contributed by atoms with van der Waals surface area (Å²) in [6.07, 6.45) is 0. The van der Waals surface area contributed by atoms with Crippen LogP contribution in [0.3, 0.4) is 0 Å². The Bertz CT molecular complexity index is 581. The SMILES string of the molecule is CC(C)C(NCc1ccccc1)(C(N)=O)c1ccccc1. The molecule has 0 fully saturated rings. The summed E-state index contributed by atoms with van der Waals surface area (Å²) in [7, 11) is 0. The summed E-state index contributed by atoms with van der Waals surface area (Å²) in [4.78, 5) is 12.2. The van der Waals surface area contributed by atoms with Crippen molar-refractivity contribution in [2.75, 3.05) is 0 Å². The number of primary amides is 1. The first-order valence-corrected chi connectivity index (χ1v) is 7.21. The van der Waals surface area contributed by atoms with Crippen LogP contribution in [0.1, 0.15) is 25.0 Å². The number of rotatable bonds is 6. The number of hydrogen-bond donors (Lipinski definition) is 2. The third kappa shape index (κ3) is 3.14. The van der Waals surface area contributed by atoms with Gasteiger partial charge in [-0.05, 0) is 17.0 Å². The summed E-state index contributed by atoms with van der Waals surface area (Å²) in [6.45, 7) is 4.61. The molecule has 0 heterocycles. The highest BCUT2D eigenvalue weighted by atomic mass is 16.1. The molecule has 1 amide bonds. The highest BCUT2D eigenvalue weighted by molar-refractivity contribution is 5.86. The Hall–Kier alpha value is -2.13. The molecule has 0 aliphatic carbocycles. The zero-order valence-corrected chi connectivity index (χ0v) is 12.5. The number of carbonyl (C=O) groups excluding carboxylic acids is 1. The number of nitrogens with one attached hydrogen (secondary N) is 1. The molecule has 0 aliphatic heterocycles.